The topological polar surface area (TPSA) is 28.4 Å². The Bertz CT molecular complexity index is 403. The summed E-state index contributed by atoms with van der Waals surface area (Å²) in [5.41, 5.74) is 1.26. The Morgan fingerprint density at radius 3 is 2.67 bits per heavy atom. The van der Waals surface area contributed by atoms with Crippen molar-refractivity contribution in [1.29, 1.82) is 0 Å². The van der Waals surface area contributed by atoms with Gasteiger partial charge in [0, 0.05) is 11.8 Å². The highest BCUT2D eigenvalue weighted by Gasteiger charge is 2.15. The van der Waals surface area contributed by atoms with Gasteiger partial charge in [0.15, 0.2) is 0 Å². The zero-order valence-electron chi connectivity index (χ0n) is 14.5. The molecule has 122 valence electrons. The predicted octanol–water partition coefficient (Wildman–Crippen LogP) is 3.91. The lowest BCUT2D eigenvalue weighted by molar-refractivity contribution is 0.226. The van der Waals surface area contributed by atoms with Crippen LogP contribution >= 0.6 is 11.8 Å². The normalized spacial score (nSPS) is 13.3. The monoisotopic (exact) mass is 312 g/mol. The Balaban J connectivity index is 2.56. The van der Waals surface area contributed by atoms with Gasteiger partial charge < -0.3 is 9.73 Å². The Morgan fingerprint density at radius 1 is 1.38 bits per heavy atom. The van der Waals surface area contributed by atoms with Gasteiger partial charge in [-0.15, -0.1) is 0 Å². The van der Waals surface area contributed by atoms with Crippen LogP contribution in [0.5, 0.6) is 0 Å². The molecule has 21 heavy (non-hydrogen) atoms. The summed E-state index contributed by atoms with van der Waals surface area (Å²) >= 11 is 1.91. The van der Waals surface area contributed by atoms with E-state index < -0.39 is 0 Å². The van der Waals surface area contributed by atoms with Gasteiger partial charge in [-0.25, -0.2) is 0 Å². The molecule has 0 spiro atoms. The van der Waals surface area contributed by atoms with E-state index in [2.05, 4.69) is 57.3 Å². The Kier molecular flexibility index (Phi) is 8.45. The second kappa shape index (κ2) is 9.54. The summed E-state index contributed by atoms with van der Waals surface area (Å²) in [7, 11) is 2.19. The quantitative estimate of drug-likeness (QED) is 0.709. The molecule has 0 amide bonds. The van der Waals surface area contributed by atoms with Gasteiger partial charge in [0.1, 0.15) is 11.5 Å². The maximum atomic E-state index is 6.03. The van der Waals surface area contributed by atoms with Gasteiger partial charge in [0.05, 0.1) is 13.1 Å². The first-order valence-corrected chi connectivity index (χ1v) is 9.35. The molecule has 3 nitrogen and oxygen atoms in total. The lowest BCUT2D eigenvalue weighted by Crippen LogP contribution is -2.32. The highest BCUT2D eigenvalue weighted by molar-refractivity contribution is 7.98. The molecule has 1 rings (SSSR count). The molecule has 0 bridgehead atoms. The first kappa shape index (κ1) is 18.6. The van der Waals surface area contributed by atoms with E-state index in [9.17, 15) is 0 Å². The molecule has 0 saturated carbocycles. The fraction of sp³-hybridized carbons (Fsp3) is 0.765. The maximum absolute atomic E-state index is 6.03. The van der Waals surface area contributed by atoms with Crippen molar-refractivity contribution in [3.05, 3.63) is 23.2 Å². The number of nitrogens with zero attached hydrogens (tertiary/aromatic N) is 1. The van der Waals surface area contributed by atoms with E-state index >= 15 is 0 Å². The van der Waals surface area contributed by atoms with Crippen molar-refractivity contribution >= 4 is 11.8 Å². The molecule has 1 atom stereocenters. The standard InChI is InChI=1S/C17H32N2OS/c1-7-15(12-21-6)19(5)11-16-8-14(4)17(20-16)10-18-9-13(2)3/h8,13,15,18H,7,9-12H2,1-6H3. The van der Waals surface area contributed by atoms with Crippen molar-refractivity contribution in [3.8, 4) is 0 Å². The lowest BCUT2D eigenvalue weighted by Gasteiger charge is -2.25. The zero-order chi connectivity index (χ0) is 15.8. The first-order chi connectivity index (χ1) is 9.97. The number of nitrogens with one attached hydrogen (secondary N) is 1. The van der Waals surface area contributed by atoms with Crippen molar-refractivity contribution in [2.45, 2.75) is 53.2 Å². The number of thioether (sulfide) groups is 1. The van der Waals surface area contributed by atoms with Crippen LogP contribution in [0, 0.1) is 12.8 Å². The predicted molar refractivity (Wildman–Crippen MR) is 93.9 cm³/mol. The van der Waals surface area contributed by atoms with Gasteiger partial charge in [-0.2, -0.15) is 11.8 Å². The molecule has 0 saturated heterocycles. The van der Waals surface area contributed by atoms with Crippen molar-refractivity contribution < 1.29 is 4.42 Å². The molecule has 1 aromatic rings. The molecule has 0 aliphatic carbocycles. The largest absolute Gasteiger partial charge is 0.463 e. The van der Waals surface area contributed by atoms with Crippen LogP contribution in [0.4, 0.5) is 0 Å². The highest BCUT2D eigenvalue weighted by Crippen LogP contribution is 2.18. The molecular formula is C17H32N2OS. The number of furan rings is 1. The zero-order valence-corrected chi connectivity index (χ0v) is 15.3. The molecular weight excluding hydrogens is 280 g/mol. The van der Waals surface area contributed by atoms with Gasteiger partial charge in [0.25, 0.3) is 0 Å². The minimum absolute atomic E-state index is 0.618. The van der Waals surface area contributed by atoms with E-state index in [0.29, 0.717) is 12.0 Å². The van der Waals surface area contributed by atoms with E-state index in [1.54, 1.807) is 0 Å². The average molecular weight is 313 g/mol. The fourth-order valence-electron chi connectivity index (χ4n) is 2.44. The fourth-order valence-corrected chi connectivity index (χ4v) is 3.32. The molecule has 0 aliphatic heterocycles. The van der Waals surface area contributed by atoms with E-state index in [-0.39, 0.29) is 0 Å². The third-order valence-corrected chi connectivity index (χ3v) is 4.49. The number of aryl methyl sites for hydroxylation is 1. The molecule has 0 aromatic carbocycles. The van der Waals surface area contributed by atoms with Crippen LogP contribution in [-0.2, 0) is 13.1 Å². The number of hydrogen-bond donors (Lipinski definition) is 1. The third-order valence-electron chi connectivity index (χ3n) is 3.77. The lowest BCUT2D eigenvalue weighted by atomic mass is 10.2. The van der Waals surface area contributed by atoms with E-state index in [4.69, 9.17) is 4.42 Å². The molecule has 0 fully saturated rings. The second-order valence-corrected chi connectivity index (χ2v) is 7.19. The van der Waals surface area contributed by atoms with Crippen LogP contribution in [0.1, 0.15) is 44.3 Å². The molecule has 4 heteroatoms. The first-order valence-electron chi connectivity index (χ1n) is 7.95. The molecule has 1 aromatic heterocycles. The molecule has 1 heterocycles. The third kappa shape index (κ3) is 6.45. The van der Waals surface area contributed by atoms with Crippen LogP contribution in [0.15, 0.2) is 10.5 Å². The van der Waals surface area contributed by atoms with E-state index in [1.165, 1.54) is 17.7 Å². The number of rotatable bonds is 10. The highest BCUT2D eigenvalue weighted by atomic mass is 32.2. The summed E-state index contributed by atoms with van der Waals surface area (Å²) in [5.74, 6) is 4.01. The second-order valence-electron chi connectivity index (χ2n) is 6.28. The smallest absolute Gasteiger partial charge is 0.120 e. The summed E-state index contributed by atoms with van der Waals surface area (Å²) in [4.78, 5) is 2.40. The SMILES string of the molecule is CCC(CSC)N(C)Cc1cc(C)c(CNCC(C)C)o1. The van der Waals surface area contributed by atoms with Crippen molar-refractivity contribution in [1.82, 2.24) is 10.2 Å². The molecule has 0 radical (unpaired) electrons. The molecule has 1 unspecified atom stereocenters. The van der Waals surface area contributed by atoms with Crippen LogP contribution in [-0.4, -0.2) is 36.5 Å². The van der Waals surface area contributed by atoms with Gasteiger partial charge in [-0.05, 0) is 50.7 Å². The maximum Gasteiger partial charge on any atom is 0.120 e. The van der Waals surface area contributed by atoms with Gasteiger partial charge >= 0.3 is 0 Å². The summed E-state index contributed by atoms with van der Waals surface area (Å²) in [5, 5.41) is 3.45. The van der Waals surface area contributed by atoms with Crippen molar-refractivity contribution in [2.24, 2.45) is 5.92 Å². The average Bonchev–Trinajstić information content (AvgIpc) is 2.75. The van der Waals surface area contributed by atoms with Gasteiger partial charge in [-0.1, -0.05) is 20.8 Å². The van der Waals surface area contributed by atoms with E-state index in [1.807, 2.05) is 11.8 Å². The van der Waals surface area contributed by atoms with Crippen LogP contribution in [0.2, 0.25) is 0 Å². The minimum atomic E-state index is 0.618. The Morgan fingerprint density at radius 2 is 2.10 bits per heavy atom. The van der Waals surface area contributed by atoms with Crippen molar-refractivity contribution in [2.75, 3.05) is 25.6 Å². The van der Waals surface area contributed by atoms with Gasteiger partial charge in [-0.3, -0.25) is 4.90 Å². The van der Waals surface area contributed by atoms with Crippen LogP contribution in [0.25, 0.3) is 0 Å². The summed E-state index contributed by atoms with van der Waals surface area (Å²) in [6.45, 7) is 11.6. The summed E-state index contributed by atoms with van der Waals surface area (Å²) < 4.78 is 6.03. The van der Waals surface area contributed by atoms with Gasteiger partial charge in [0.2, 0.25) is 0 Å². The molecule has 0 aliphatic rings. The molecule has 1 N–H and O–H groups in total. The Labute approximate surface area is 134 Å². The van der Waals surface area contributed by atoms with E-state index in [0.717, 1.165) is 31.2 Å². The number of hydrogen-bond acceptors (Lipinski definition) is 4. The van der Waals surface area contributed by atoms with Crippen molar-refractivity contribution in [3.63, 3.8) is 0 Å². The van der Waals surface area contributed by atoms with Crippen LogP contribution in [0.3, 0.4) is 0 Å². The van der Waals surface area contributed by atoms with Crippen LogP contribution < -0.4 is 5.32 Å². The minimum Gasteiger partial charge on any atom is -0.463 e. The summed E-state index contributed by atoms with van der Waals surface area (Å²) in [6.07, 6.45) is 3.35. The summed E-state index contributed by atoms with van der Waals surface area (Å²) in [6, 6.07) is 2.81. The Hall–Kier alpha value is -0.450.